The summed E-state index contributed by atoms with van der Waals surface area (Å²) in [6, 6.07) is 0. The van der Waals surface area contributed by atoms with E-state index in [0.29, 0.717) is 6.54 Å². The summed E-state index contributed by atoms with van der Waals surface area (Å²) in [6.45, 7) is 11.7. The van der Waals surface area contributed by atoms with Gasteiger partial charge in [-0.25, -0.2) is 0 Å². The molecule has 15 heavy (non-hydrogen) atoms. The van der Waals surface area contributed by atoms with E-state index < -0.39 is 0 Å². The molecule has 0 spiro atoms. The van der Waals surface area contributed by atoms with Crippen LogP contribution in [0.25, 0.3) is 0 Å². The number of nitrogens with zero attached hydrogens (tertiary/aromatic N) is 1. The number of nitrogens with one attached hydrogen (secondary N) is 2. The van der Waals surface area contributed by atoms with Crippen molar-refractivity contribution in [1.82, 2.24) is 15.5 Å². The maximum atomic E-state index is 11.2. The third-order valence-electron chi connectivity index (χ3n) is 2.18. The average Bonchev–Trinajstić information content (AvgIpc) is 2.14. The molecule has 4 nitrogen and oxygen atoms in total. The number of amides is 1. The van der Waals surface area contributed by atoms with Gasteiger partial charge in [0, 0.05) is 25.7 Å². The van der Waals surface area contributed by atoms with Crippen LogP contribution in [0, 0.1) is 0 Å². The molecule has 0 heterocycles. The first kappa shape index (κ1) is 14.4. The number of hydrogen-bond acceptors (Lipinski definition) is 3. The van der Waals surface area contributed by atoms with E-state index >= 15 is 0 Å². The van der Waals surface area contributed by atoms with Crippen molar-refractivity contribution in [3.8, 4) is 0 Å². The largest absolute Gasteiger partial charge is 0.358 e. The van der Waals surface area contributed by atoms with E-state index in [-0.39, 0.29) is 11.4 Å². The molecular weight excluding hydrogens is 190 g/mol. The van der Waals surface area contributed by atoms with Gasteiger partial charge in [-0.3, -0.25) is 9.69 Å². The second kappa shape index (κ2) is 6.80. The summed E-state index contributed by atoms with van der Waals surface area (Å²) in [6.07, 6.45) is 0. The van der Waals surface area contributed by atoms with Crippen molar-refractivity contribution in [2.45, 2.75) is 33.2 Å². The average molecular weight is 215 g/mol. The Morgan fingerprint density at radius 3 is 2.33 bits per heavy atom. The predicted octanol–water partition coefficient (Wildman–Crippen LogP) is 0.442. The molecule has 4 heteroatoms. The van der Waals surface area contributed by atoms with E-state index in [1.807, 2.05) is 0 Å². The molecule has 0 fully saturated rings. The van der Waals surface area contributed by atoms with Gasteiger partial charge in [0.25, 0.3) is 0 Å². The number of hydrogen-bond donors (Lipinski definition) is 2. The molecule has 0 aliphatic carbocycles. The van der Waals surface area contributed by atoms with Gasteiger partial charge in [0.1, 0.15) is 0 Å². The second-order valence-corrected chi connectivity index (χ2v) is 4.72. The Hall–Kier alpha value is -0.610. The molecule has 0 saturated carbocycles. The molecule has 0 aromatic carbocycles. The third kappa shape index (κ3) is 8.39. The van der Waals surface area contributed by atoms with E-state index in [9.17, 15) is 4.79 Å². The third-order valence-corrected chi connectivity index (χ3v) is 2.18. The summed E-state index contributed by atoms with van der Waals surface area (Å²) in [4.78, 5) is 13.3. The lowest BCUT2D eigenvalue weighted by Crippen LogP contribution is -2.43. The van der Waals surface area contributed by atoms with Crippen LogP contribution >= 0.6 is 0 Å². The van der Waals surface area contributed by atoms with Crippen LogP contribution in [0.15, 0.2) is 0 Å². The Labute approximate surface area is 93.4 Å². The van der Waals surface area contributed by atoms with E-state index in [0.717, 1.165) is 19.6 Å². The lowest BCUT2D eigenvalue weighted by molar-refractivity contribution is -0.121. The van der Waals surface area contributed by atoms with Crippen molar-refractivity contribution >= 4 is 5.91 Å². The minimum atomic E-state index is 0.0765. The fourth-order valence-corrected chi connectivity index (χ4v) is 1.22. The molecule has 0 aromatic heterocycles. The lowest BCUT2D eigenvalue weighted by atomic mass is 10.1. The van der Waals surface area contributed by atoms with Gasteiger partial charge in [-0.2, -0.15) is 0 Å². The first-order valence-electron chi connectivity index (χ1n) is 5.57. The van der Waals surface area contributed by atoms with Gasteiger partial charge >= 0.3 is 0 Å². The Morgan fingerprint density at radius 1 is 1.33 bits per heavy atom. The van der Waals surface area contributed by atoms with Gasteiger partial charge < -0.3 is 10.6 Å². The molecule has 0 rings (SSSR count). The summed E-state index contributed by atoms with van der Waals surface area (Å²) >= 11 is 0. The van der Waals surface area contributed by atoms with E-state index in [4.69, 9.17) is 0 Å². The first-order chi connectivity index (χ1) is 6.89. The van der Waals surface area contributed by atoms with Gasteiger partial charge in [-0.05, 0) is 27.3 Å². The highest BCUT2D eigenvalue weighted by Gasteiger charge is 2.10. The standard InChI is InChI=1S/C11H25N3O/c1-6-14(9-10(15)12-5)8-7-13-11(2,3)4/h13H,6-9H2,1-5H3,(H,12,15). The van der Waals surface area contributed by atoms with Gasteiger partial charge in [0.2, 0.25) is 5.91 Å². The second-order valence-electron chi connectivity index (χ2n) is 4.72. The molecule has 1 amide bonds. The molecule has 0 aromatic rings. The van der Waals surface area contributed by atoms with Crippen LogP contribution < -0.4 is 10.6 Å². The molecule has 0 aliphatic rings. The van der Waals surface area contributed by atoms with E-state index in [1.165, 1.54) is 0 Å². The molecule has 90 valence electrons. The SMILES string of the molecule is CCN(CCNC(C)(C)C)CC(=O)NC. The molecule has 0 unspecified atom stereocenters. The lowest BCUT2D eigenvalue weighted by Gasteiger charge is -2.24. The monoisotopic (exact) mass is 215 g/mol. The fraction of sp³-hybridized carbons (Fsp3) is 0.909. The summed E-state index contributed by atoms with van der Waals surface area (Å²) in [5.41, 5.74) is 0.145. The van der Waals surface area contributed by atoms with Crippen molar-refractivity contribution in [3.05, 3.63) is 0 Å². The Bertz CT molecular complexity index is 187. The molecule has 0 atom stereocenters. The maximum absolute atomic E-state index is 11.2. The van der Waals surface area contributed by atoms with Crippen LogP contribution in [0.5, 0.6) is 0 Å². The van der Waals surface area contributed by atoms with E-state index in [1.54, 1.807) is 7.05 Å². The Balaban J connectivity index is 3.76. The van der Waals surface area contributed by atoms with Crippen molar-refractivity contribution in [2.24, 2.45) is 0 Å². The van der Waals surface area contributed by atoms with E-state index in [2.05, 4.69) is 43.2 Å². The van der Waals surface area contributed by atoms with Crippen molar-refractivity contribution in [2.75, 3.05) is 33.2 Å². The summed E-state index contributed by atoms with van der Waals surface area (Å²) < 4.78 is 0. The van der Waals surface area contributed by atoms with Gasteiger partial charge in [-0.15, -0.1) is 0 Å². The molecule has 0 saturated heterocycles. The zero-order valence-corrected chi connectivity index (χ0v) is 10.7. The number of likely N-dealkylation sites (N-methyl/N-ethyl adjacent to an activating group) is 2. The fourth-order valence-electron chi connectivity index (χ4n) is 1.22. The maximum Gasteiger partial charge on any atom is 0.233 e. The van der Waals surface area contributed by atoms with Crippen molar-refractivity contribution in [3.63, 3.8) is 0 Å². The van der Waals surface area contributed by atoms with Crippen LogP contribution in [0.1, 0.15) is 27.7 Å². The zero-order valence-electron chi connectivity index (χ0n) is 10.7. The normalized spacial score (nSPS) is 11.9. The predicted molar refractivity (Wildman–Crippen MR) is 63.9 cm³/mol. The quantitative estimate of drug-likeness (QED) is 0.676. The highest BCUT2D eigenvalue weighted by Crippen LogP contribution is 1.97. The van der Waals surface area contributed by atoms with Crippen molar-refractivity contribution in [1.29, 1.82) is 0 Å². The first-order valence-corrected chi connectivity index (χ1v) is 5.57. The summed E-state index contributed by atoms with van der Waals surface area (Å²) in [5, 5.41) is 6.04. The number of carbonyl (C=O) groups excluding carboxylic acids is 1. The Kier molecular flexibility index (Phi) is 6.52. The Morgan fingerprint density at radius 2 is 1.93 bits per heavy atom. The van der Waals surface area contributed by atoms with Gasteiger partial charge in [0.05, 0.1) is 6.54 Å². The van der Waals surface area contributed by atoms with Crippen molar-refractivity contribution < 1.29 is 4.79 Å². The molecule has 2 N–H and O–H groups in total. The molecular formula is C11H25N3O. The summed E-state index contributed by atoms with van der Waals surface area (Å²) in [5.74, 6) is 0.0765. The van der Waals surface area contributed by atoms with Crippen LogP contribution in [0.2, 0.25) is 0 Å². The van der Waals surface area contributed by atoms with Crippen LogP contribution in [0.3, 0.4) is 0 Å². The minimum absolute atomic E-state index is 0.0765. The van der Waals surface area contributed by atoms with Gasteiger partial charge in [-0.1, -0.05) is 6.92 Å². The van der Waals surface area contributed by atoms with Crippen LogP contribution in [-0.4, -0.2) is 49.6 Å². The highest BCUT2D eigenvalue weighted by atomic mass is 16.1. The topological polar surface area (TPSA) is 44.4 Å². The molecule has 0 radical (unpaired) electrons. The zero-order chi connectivity index (χ0) is 11.9. The number of carbonyl (C=O) groups is 1. The van der Waals surface area contributed by atoms with Gasteiger partial charge in [0.15, 0.2) is 0 Å². The molecule has 0 bridgehead atoms. The number of rotatable bonds is 6. The van der Waals surface area contributed by atoms with Crippen LogP contribution in [0.4, 0.5) is 0 Å². The summed E-state index contributed by atoms with van der Waals surface area (Å²) in [7, 11) is 1.67. The van der Waals surface area contributed by atoms with Crippen LogP contribution in [-0.2, 0) is 4.79 Å². The minimum Gasteiger partial charge on any atom is -0.358 e. The molecule has 0 aliphatic heterocycles. The highest BCUT2D eigenvalue weighted by molar-refractivity contribution is 5.77. The smallest absolute Gasteiger partial charge is 0.233 e.